The standard InChI is InChI=1S/C19H19N3O/c1-14-12-15(2)22(21-14)13-19(23)20-18-10-8-17(9-11-18)16-6-4-3-5-7-16/h3-12H,13H2,1-2H3,(H,20,23). The molecule has 3 aromatic rings. The van der Waals surface area contributed by atoms with Crippen LogP contribution in [0.5, 0.6) is 0 Å². The summed E-state index contributed by atoms with van der Waals surface area (Å²) in [4.78, 5) is 12.1. The molecule has 1 N–H and O–H groups in total. The van der Waals surface area contributed by atoms with Crippen molar-refractivity contribution < 1.29 is 4.79 Å². The minimum absolute atomic E-state index is 0.0799. The SMILES string of the molecule is Cc1cc(C)n(CC(=O)Nc2ccc(-c3ccccc3)cc2)n1. The lowest BCUT2D eigenvalue weighted by atomic mass is 10.1. The second-order valence-corrected chi connectivity index (χ2v) is 5.58. The highest BCUT2D eigenvalue weighted by Crippen LogP contribution is 2.21. The van der Waals surface area contributed by atoms with Gasteiger partial charge in [-0.2, -0.15) is 5.10 Å². The van der Waals surface area contributed by atoms with Crippen LogP contribution in [-0.2, 0) is 11.3 Å². The highest BCUT2D eigenvalue weighted by molar-refractivity contribution is 5.90. The maximum Gasteiger partial charge on any atom is 0.246 e. The van der Waals surface area contributed by atoms with Crippen LogP contribution >= 0.6 is 0 Å². The van der Waals surface area contributed by atoms with Crippen LogP contribution in [0.4, 0.5) is 5.69 Å². The molecule has 0 aliphatic rings. The third-order valence-corrected chi connectivity index (χ3v) is 3.67. The zero-order valence-electron chi connectivity index (χ0n) is 13.3. The number of nitrogens with zero attached hydrogens (tertiary/aromatic N) is 2. The first-order valence-corrected chi connectivity index (χ1v) is 7.58. The van der Waals surface area contributed by atoms with Crippen molar-refractivity contribution in [3.8, 4) is 11.1 Å². The molecule has 4 heteroatoms. The minimum atomic E-state index is -0.0799. The van der Waals surface area contributed by atoms with Crippen molar-refractivity contribution in [1.82, 2.24) is 9.78 Å². The summed E-state index contributed by atoms with van der Waals surface area (Å²) in [5, 5.41) is 7.21. The predicted molar refractivity (Wildman–Crippen MR) is 92.2 cm³/mol. The Morgan fingerprint density at radius 1 is 1.00 bits per heavy atom. The Morgan fingerprint density at radius 3 is 2.26 bits per heavy atom. The van der Waals surface area contributed by atoms with E-state index in [9.17, 15) is 4.79 Å². The van der Waals surface area contributed by atoms with Crippen molar-refractivity contribution >= 4 is 11.6 Å². The molecule has 2 aromatic carbocycles. The molecule has 0 saturated heterocycles. The Morgan fingerprint density at radius 2 is 1.65 bits per heavy atom. The number of aryl methyl sites for hydroxylation is 2. The topological polar surface area (TPSA) is 46.9 Å². The molecule has 1 heterocycles. The fourth-order valence-corrected chi connectivity index (χ4v) is 2.55. The van der Waals surface area contributed by atoms with Gasteiger partial charge in [0.15, 0.2) is 0 Å². The van der Waals surface area contributed by atoms with Gasteiger partial charge in [0, 0.05) is 11.4 Å². The van der Waals surface area contributed by atoms with Crippen molar-refractivity contribution in [3.05, 3.63) is 72.1 Å². The molecule has 0 aliphatic heterocycles. The van der Waals surface area contributed by atoms with E-state index in [1.165, 1.54) is 0 Å². The normalized spacial score (nSPS) is 10.5. The molecule has 0 atom stereocenters. The van der Waals surface area contributed by atoms with Gasteiger partial charge in [-0.1, -0.05) is 42.5 Å². The van der Waals surface area contributed by atoms with Gasteiger partial charge in [0.1, 0.15) is 6.54 Å². The van der Waals surface area contributed by atoms with E-state index in [1.54, 1.807) is 4.68 Å². The first kappa shape index (κ1) is 15.0. The molecule has 0 saturated carbocycles. The Balaban J connectivity index is 1.66. The quantitative estimate of drug-likeness (QED) is 0.797. The van der Waals surface area contributed by atoms with Gasteiger partial charge in [-0.3, -0.25) is 9.48 Å². The summed E-state index contributed by atoms with van der Waals surface area (Å²) in [6.07, 6.45) is 0. The summed E-state index contributed by atoms with van der Waals surface area (Å²) in [5.74, 6) is -0.0799. The van der Waals surface area contributed by atoms with E-state index in [4.69, 9.17) is 0 Å². The molecule has 0 fully saturated rings. The number of anilines is 1. The van der Waals surface area contributed by atoms with Gasteiger partial charge in [0.05, 0.1) is 5.69 Å². The fraction of sp³-hybridized carbons (Fsp3) is 0.158. The largest absolute Gasteiger partial charge is 0.324 e. The zero-order chi connectivity index (χ0) is 16.2. The lowest BCUT2D eigenvalue weighted by Gasteiger charge is -2.08. The van der Waals surface area contributed by atoms with Gasteiger partial charge < -0.3 is 5.32 Å². The fourth-order valence-electron chi connectivity index (χ4n) is 2.55. The number of aromatic nitrogens is 2. The van der Waals surface area contributed by atoms with E-state index in [-0.39, 0.29) is 12.5 Å². The third kappa shape index (κ3) is 3.66. The monoisotopic (exact) mass is 305 g/mol. The summed E-state index contributed by atoms with van der Waals surface area (Å²) in [6, 6.07) is 20.0. The van der Waals surface area contributed by atoms with Gasteiger partial charge >= 0.3 is 0 Å². The predicted octanol–water partition coefficient (Wildman–Crippen LogP) is 3.81. The van der Waals surface area contributed by atoms with Crippen molar-refractivity contribution in [2.75, 3.05) is 5.32 Å². The van der Waals surface area contributed by atoms with Crippen LogP contribution in [-0.4, -0.2) is 15.7 Å². The van der Waals surface area contributed by atoms with Crippen LogP contribution in [0.1, 0.15) is 11.4 Å². The molecule has 23 heavy (non-hydrogen) atoms. The maximum absolute atomic E-state index is 12.1. The van der Waals surface area contributed by atoms with Crippen molar-refractivity contribution in [3.63, 3.8) is 0 Å². The van der Waals surface area contributed by atoms with Gasteiger partial charge in [-0.15, -0.1) is 0 Å². The van der Waals surface area contributed by atoms with E-state index in [1.807, 2.05) is 62.4 Å². The van der Waals surface area contributed by atoms with E-state index >= 15 is 0 Å². The van der Waals surface area contributed by atoms with Gasteiger partial charge in [-0.05, 0) is 43.2 Å². The second-order valence-electron chi connectivity index (χ2n) is 5.58. The lowest BCUT2D eigenvalue weighted by Crippen LogP contribution is -2.20. The molecule has 1 aromatic heterocycles. The molecule has 4 nitrogen and oxygen atoms in total. The number of amides is 1. The molecule has 116 valence electrons. The van der Waals surface area contributed by atoms with E-state index < -0.39 is 0 Å². The number of benzene rings is 2. The Labute approximate surface area is 135 Å². The molecule has 1 amide bonds. The van der Waals surface area contributed by atoms with Crippen LogP contribution in [0.2, 0.25) is 0 Å². The number of carbonyl (C=O) groups excluding carboxylic acids is 1. The first-order chi connectivity index (χ1) is 11.1. The maximum atomic E-state index is 12.1. The van der Waals surface area contributed by atoms with E-state index in [2.05, 4.69) is 22.5 Å². The molecule has 0 unspecified atom stereocenters. The summed E-state index contributed by atoms with van der Waals surface area (Å²) >= 11 is 0. The van der Waals surface area contributed by atoms with E-state index in [0.717, 1.165) is 28.2 Å². The van der Waals surface area contributed by atoms with Crippen molar-refractivity contribution in [2.45, 2.75) is 20.4 Å². The second kappa shape index (κ2) is 6.48. The third-order valence-electron chi connectivity index (χ3n) is 3.67. The molecular formula is C19H19N3O. The van der Waals surface area contributed by atoms with Crippen molar-refractivity contribution in [2.24, 2.45) is 0 Å². The van der Waals surface area contributed by atoms with Crippen molar-refractivity contribution in [1.29, 1.82) is 0 Å². The number of hydrogen-bond acceptors (Lipinski definition) is 2. The van der Waals surface area contributed by atoms with Gasteiger partial charge in [-0.25, -0.2) is 0 Å². The van der Waals surface area contributed by atoms with Gasteiger partial charge in [0.25, 0.3) is 0 Å². The number of rotatable bonds is 4. The number of hydrogen-bond donors (Lipinski definition) is 1. The molecular weight excluding hydrogens is 286 g/mol. The summed E-state index contributed by atoms with van der Waals surface area (Å²) in [7, 11) is 0. The van der Waals surface area contributed by atoms with Gasteiger partial charge in [0.2, 0.25) is 5.91 Å². The van der Waals surface area contributed by atoms with Crippen LogP contribution < -0.4 is 5.32 Å². The number of nitrogens with one attached hydrogen (secondary N) is 1. The first-order valence-electron chi connectivity index (χ1n) is 7.58. The van der Waals surface area contributed by atoms with Crippen LogP contribution in [0.15, 0.2) is 60.7 Å². The average molecular weight is 305 g/mol. The molecule has 0 aliphatic carbocycles. The van der Waals surface area contributed by atoms with E-state index in [0.29, 0.717) is 0 Å². The number of carbonyl (C=O) groups is 1. The van der Waals surface area contributed by atoms with Crippen LogP contribution in [0.25, 0.3) is 11.1 Å². The zero-order valence-corrected chi connectivity index (χ0v) is 13.3. The molecule has 0 bridgehead atoms. The van der Waals surface area contributed by atoms with Crippen LogP contribution in [0, 0.1) is 13.8 Å². The van der Waals surface area contributed by atoms with Crippen LogP contribution in [0.3, 0.4) is 0 Å². The summed E-state index contributed by atoms with van der Waals surface area (Å²) in [5.41, 5.74) is 4.98. The molecule has 0 spiro atoms. The highest BCUT2D eigenvalue weighted by atomic mass is 16.2. The summed E-state index contributed by atoms with van der Waals surface area (Å²) in [6.45, 7) is 4.09. The molecule has 3 rings (SSSR count). The Hall–Kier alpha value is -2.88. The summed E-state index contributed by atoms with van der Waals surface area (Å²) < 4.78 is 1.71. The lowest BCUT2D eigenvalue weighted by molar-refractivity contribution is -0.116. The smallest absolute Gasteiger partial charge is 0.246 e. The Kier molecular flexibility index (Phi) is 4.24. The average Bonchev–Trinajstić information content (AvgIpc) is 2.86. The molecule has 0 radical (unpaired) electrons. The Bertz CT molecular complexity index is 804. The highest BCUT2D eigenvalue weighted by Gasteiger charge is 2.07. The minimum Gasteiger partial charge on any atom is -0.324 e.